The van der Waals surface area contributed by atoms with E-state index in [9.17, 15) is 14.9 Å². The second-order valence-corrected chi connectivity index (χ2v) is 10.1. The Hall–Kier alpha value is -4.30. The van der Waals surface area contributed by atoms with Gasteiger partial charge in [-0.05, 0) is 48.9 Å². The van der Waals surface area contributed by atoms with Crippen LogP contribution in [-0.2, 0) is 10.2 Å². The Morgan fingerprint density at radius 2 is 2.05 bits per heavy atom. The van der Waals surface area contributed by atoms with Crippen molar-refractivity contribution in [3.63, 3.8) is 0 Å². The van der Waals surface area contributed by atoms with Gasteiger partial charge in [0.1, 0.15) is 11.8 Å². The van der Waals surface area contributed by atoms with E-state index in [4.69, 9.17) is 9.47 Å². The molecule has 4 rings (SSSR count). The number of hydrogen-bond acceptors (Lipinski definition) is 8. The van der Waals surface area contributed by atoms with Gasteiger partial charge in [-0.1, -0.05) is 26.0 Å². The van der Waals surface area contributed by atoms with Crippen molar-refractivity contribution in [3.05, 3.63) is 58.7 Å². The minimum atomic E-state index is -0.450. The molecule has 198 valence electrons. The van der Waals surface area contributed by atoms with Crippen molar-refractivity contribution in [1.29, 1.82) is 5.26 Å². The summed E-state index contributed by atoms with van der Waals surface area (Å²) in [7, 11) is 1.43. The monoisotopic (exact) mass is 517 g/mol. The van der Waals surface area contributed by atoms with Crippen LogP contribution in [0.1, 0.15) is 71.3 Å². The summed E-state index contributed by atoms with van der Waals surface area (Å²) in [5.41, 5.74) is 2.79. The first-order valence-electron chi connectivity index (χ1n) is 12.3. The predicted molar refractivity (Wildman–Crippen MR) is 140 cm³/mol. The van der Waals surface area contributed by atoms with Crippen LogP contribution in [0.25, 0.3) is 5.69 Å². The van der Waals surface area contributed by atoms with Crippen molar-refractivity contribution >= 4 is 17.5 Å². The predicted octanol–water partition coefficient (Wildman–Crippen LogP) is 3.31. The fraction of sp³-hybridized carbons (Fsp3) is 0.407. The number of rotatable bonds is 7. The molecule has 1 fully saturated rings. The Bertz CT molecular complexity index is 1400. The zero-order chi connectivity index (χ0) is 27.4. The van der Waals surface area contributed by atoms with E-state index in [2.05, 4.69) is 32.0 Å². The topological polar surface area (TPSA) is 144 Å². The Morgan fingerprint density at radius 3 is 2.71 bits per heavy atom. The lowest BCUT2D eigenvalue weighted by Gasteiger charge is -2.22. The van der Waals surface area contributed by atoms with E-state index in [1.54, 1.807) is 25.1 Å². The molecule has 3 heterocycles. The smallest absolute Gasteiger partial charge is 0.273 e. The molecule has 2 aromatic heterocycles. The summed E-state index contributed by atoms with van der Waals surface area (Å²) in [6, 6.07) is 7.27. The first-order valence-corrected chi connectivity index (χ1v) is 12.3. The molecule has 0 spiro atoms. The van der Waals surface area contributed by atoms with Crippen LogP contribution in [0, 0.1) is 18.3 Å². The molecule has 1 saturated heterocycles. The van der Waals surface area contributed by atoms with Crippen molar-refractivity contribution in [2.24, 2.45) is 0 Å². The van der Waals surface area contributed by atoms with Gasteiger partial charge in [0.2, 0.25) is 0 Å². The molecule has 1 unspecified atom stereocenters. The van der Waals surface area contributed by atoms with Crippen molar-refractivity contribution < 1.29 is 19.1 Å². The average Bonchev–Trinajstić information content (AvgIpc) is 3.59. The highest BCUT2D eigenvalue weighted by molar-refractivity contribution is 6.07. The molecule has 1 aliphatic heterocycles. The van der Waals surface area contributed by atoms with E-state index >= 15 is 0 Å². The summed E-state index contributed by atoms with van der Waals surface area (Å²) >= 11 is 0. The molecule has 2 amide bonds. The zero-order valence-corrected chi connectivity index (χ0v) is 22.2. The molecular weight excluding hydrogens is 486 g/mol. The highest BCUT2D eigenvalue weighted by Crippen LogP contribution is 2.32. The third-order valence-corrected chi connectivity index (χ3v) is 6.33. The van der Waals surface area contributed by atoms with Gasteiger partial charge in [-0.25, -0.2) is 4.68 Å². The maximum atomic E-state index is 13.3. The number of carbonyl (C=O) groups excluding carboxylic acids is 2. The average molecular weight is 518 g/mol. The molecule has 0 bridgehead atoms. The van der Waals surface area contributed by atoms with Gasteiger partial charge >= 0.3 is 0 Å². The number of carbonyl (C=O) groups is 2. The normalized spacial score (nSPS) is 15.1. The summed E-state index contributed by atoms with van der Waals surface area (Å²) in [5.74, 6) is -0.594. The summed E-state index contributed by atoms with van der Waals surface area (Å²) in [6.07, 6.45) is 4.96. The maximum Gasteiger partial charge on any atom is 0.273 e. The maximum absolute atomic E-state index is 13.3. The molecule has 0 aliphatic carbocycles. The number of pyridine rings is 1. The quantitative estimate of drug-likeness (QED) is 0.486. The summed E-state index contributed by atoms with van der Waals surface area (Å²) in [4.78, 5) is 30.2. The van der Waals surface area contributed by atoms with Crippen molar-refractivity contribution in [1.82, 2.24) is 25.3 Å². The van der Waals surface area contributed by atoms with E-state index in [0.29, 0.717) is 30.2 Å². The number of aromatic nitrogens is 4. The molecule has 1 aromatic carbocycles. The molecular formula is C27H31N7O4. The lowest BCUT2D eigenvalue weighted by Crippen LogP contribution is -2.31. The first-order chi connectivity index (χ1) is 18.1. The highest BCUT2D eigenvalue weighted by atomic mass is 16.5. The van der Waals surface area contributed by atoms with Crippen LogP contribution in [0.3, 0.4) is 0 Å². The molecule has 1 aliphatic rings. The van der Waals surface area contributed by atoms with Gasteiger partial charge in [0, 0.05) is 13.2 Å². The summed E-state index contributed by atoms with van der Waals surface area (Å²) in [6.45, 7) is 8.93. The van der Waals surface area contributed by atoms with Crippen LogP contribution < -0.4 is 15.4 Å². The van der Waals surface area contributed by atoms with Crippen LogP contribution in [-0.4, -0.2) is 58.2 Å². The fourth-order valence-corrected chi connectivity index (χ4v) is 4.14. The van der Waals surface area contributed by atoms with Crippen LogP contribution >= 0.6 is 0 Å². The van der Waals surface area contributed by atoms with Gasteiger partial charge in [-0.2, -0.15) is 5.26 Å². The van der Waals surface area contributed by atoms with Crippen LogP contribution in [0.2, 0.25) is 0 Å². The van der Waals surface area contributed by atoms with Gasteiger partial charge < -0.3 is 20.1 Å². The van der Waals surface area contributed by atoms with Crippen molar-refractivity contribution in [2.45, 2.75) is 52.1 Å². The van der Waals surface area contributed by atoms with Crippen LogP contribution in [0.5, 0.6) is 5.75 Å². The Balaban J connectivity index is 1.56. The van der Waals surface area contributed by atoms with E-state index in [-0.39, 0.29) is 40.0 Å². The number of aryl methyl sites for hydroxylation is 1. The first kappa shape index (κ1) is 26.8. The van der Waals surface area contributed by atoms with Gasteiger partial charge in [-0.3, -0.25) is 14.6 Å². The van der Waals surface area contributed by atoms with Gasteiger partial charge in [0.15, 0.2) is 5.69 Å². The lowest BCUT2D eigenvalue weighted by atomic mass is 9.84. The minimum absolute atomic E-state index is 0.0210. The van der Waals surface area contributed by atoms with Crippen molar-refractivity contribution in [2.75, 3.05) is 25.6 Å². The standard InChI is InChI=1S/C27H31N7O4/c1-16-23(34-15-22(32-33-34)26(36)30-14-20-7-6-8-38-20)11-19(13-29-16)31-25(35)21-10-18(27(2,3)4)9-17(12-28)24(21)37-5/h9-11,13,15,20H,6-8,14H2,1-5H3,(H,30,36)(H,31,35). The molecule has 0 radical (unpaired) electrons. The SMILES string of the molecule is COc1c(C#N)cc(C(C)(C)C)cc1C(=O)Nc1cnc(C)c(-n2cc(C(=O)NCC3CCCO3)nn2)c1. The van der Waals surface area contributed by atoms with Gasteiger partial charge in [0.05, 0.1) is 53.8 Å². The lowest BCUT2D eigenvalue weighted by molar-refractivity contribution is 0.0853. The third kappa shape index (κ3) is 5.81. The molecule has 2 N–H and O–H groups in total. The van der Waals surface area contributed by atoms with E-state index in [0.717, 1.165) is 18.4 Å². The number of benzene rings is 1. The number of methoxy groups -OCH3 is 1. The second-order valence-electron chi connectivity index (χ2n) is 10.1. The second kappa shape index (κ2) is 11.0. The van der Waals surface area contributed by atoms with E-state index in [1.165, 1.54) is 24.2 Å². The van der Waals surface area contributed by atoms with E-state index < -0.39 is 5.91 Å². The number of amides is 2. The van der Waals surface area contributed by atoms with Gasteiger partial charge in [0.25, 0.3) is 11.8 Å². The van der Waals surface area contributed by atoms with Crippen LogP contribution in [0.15, 0.2) is 30.6 Å². The number of nitriles is 1. The number of anilines is 1. The van der Waals surface area contributed by atoms with E-state index in [1.807, 2.05) is 20.8 Å². The zero-order valence-electron chi connectivity index (χ0n) is 22.2. The third-order valence-electron chi connectivity index (χ3n) is 6.33. The van der Waals surface area contributed by atoms with Crippen LogP contribution in [0.4, 0.5) is 5.69 Å². The molecule has 0 saturated carbocycles. The molecule has 11 nitrogen and oxygen atoms in total. The van der Waals surface area contributed by atoms with Gasteiger partial charge in [-0.15, -0.1) is 5.10 Å². The fourth-order valence-electron chi connectivity index (χ4n) is 4.14. The Kier molecular flexibility index (Phi) is 7.73. The largest absolute Gasteiger partial charge is 0.495 e. The summed E-state index contributed by atoms with van der Waals surface area (Å²) in [5, 5.41) is 23.4. The number of hydrogen-bond donors (Lipinski definition) is 2. The highest BCUT2D eigenvalue weighted by Gasteiger charge is 2.24. The minimum Gasteiger partial charge on any atom is -0.495 e. The summed E-state index contributed by atoms with van der Waals surface area (Å²) < 4.78 is 12.4. The number of nitrogens with one attached hydrogen (secondary N) is 2. The Morgan fingerprint density at radius 1 is 1.26 bits per heavy atom. The number of ether oxygens (including phenoxy) is 2. The molecule has 3 aromatic rings. The molecule has 38 heavy (non-hydrogen) atoms. The van der Waals surface area contributed by atoms with Crippen molar-refractivity contribution in [3.8, 4) is 17.5 Å². The number of nitrogens with zero attached hydrogens (tertiary/aromatic N) is 5. The molecule has 11 heteroatoms. The molecule has 1 atom stereocenters. The Labute approximate surface area is 221 Å².